The molecule has 1 aliphatic heterocycles. The third-order valence-electron chi connectivity index (χ3n) is 2.59. The van der Waals surface area contributed by atoms with Crippen LogP contribution in [0.2, 0.25) is 0 Å². The molecule has 1 heterocycles. The Balaban J connectivity index is 1.89. The van der Waals surface area contributed by atoms with E-state index >= 15 is 0 Å². The average Bonchev–Trinajstić information content (AvgIpc) is 2.79. The molecular weight excluding hydrogens is 372 g/mol. The topological polar surface area (TPSA) is 99.7 Å². The van der Waals surface area contributed by atoms with Gasteiger partial charge in [0.25, 0.3) is 0 Å². The second-order valence-corrected chi connectivity index (χ2v) is 6.55. The molecule has 116 valence electrons. The molecule has 0 aliphatic carbocycles. The zero-order valence-corrected chi connectivity index (χ0v) is 14.0. The Hall–Kier alpha value is -1.87. The molecule has 7 nitrogen and oxygen atoms in total. The lowest BCUT2D eigenvalue weighted by atomic mass is 10.2. The molecule has 3 N–H and O–H groups in total. The van der Waals surface area contributed by atoms with Crippen LogP contribution in [0.25, 0.3) is 0 Å². The molecule has 0 unspecified atom stereocenters. The summed E-state index contributed by atoms with van der Waals surface area (Å²) in [6, 6.07) is 7.14. The van der Waals surface area contributed by atoms with Crippen LogP contribution in [0.1, 0.15) is 13.3 Å². The number of hydrogen-bond acceptors (Lipinski definition) is 5. The summed E-state index contributed by atoms with van der Waals surface area (Å²) in [5.74, 6) is -0.908. The number of anilines is 1. The number of rotatable bonds is 4. The molecule has 0 spiro atoms. The quantitative estimate of drug-likeness (QED) is 0.683. The van der Waals surface area contributed by atoms with Crippen LogP contribution >= 0.6 is 27.7 Å². The Bertz CT molecular complexity index is 633. The molecule has 1 fully saturated rings. The van der Waals surface area contributed by atoms with Crippen molar-refractivity contribution >= 4 is 56.3 Å². The maximum atomic E-state index is 11.9. The van der Waals surface area contributed by atoms with Crippen LogP contribution in [0.4, 0.5) is 5.69 Å². The zero-order valence-electron chi connectivity index (χ0n) is 11.6. The molecule has 3 amide bonds. The van der Waals surface area contributed by atoms with Gasteiger partial charge in [-0.3, -0.25) is 14.4 Å². The van der Waals surface area contributed by atoms with Crippen LogP contribution in [-0.4, -0.2) is 28.1 Å². The summed E-state index contributed by atoms with van der Waals surface area (Å²) in [5.41, 5.74) is 2.89. The lowest BCUT2D eigenvalue weighted by Gasteiger charge is -2.07. The van der Waals surface area contributed by atoms with Crippen molar-refractivity contribution in [3.63, 3.8) is 0 Å². The molecule has 1 aromatic carbocycles. The minimum Gasteiger partial charge on any atom is -0.326 e. The van der Waals surface area contributed by atoms with Gasteiger partial charge in [-0.05, 0) is 24.3 Å². The van der Waals surface area contributed by atoms with Gasteiger partial charge in [0.1, 0.15) is 5.25 Å². The minimum atomic E-state index is -0.567. The Morgan fingerprint density at radius 2 is 2.05 bits per heavy atom. The van der Waals surface area contributed by atoms with Gasteiger partial charge in [0.2, 0.25) is 17.7 Å². The largest absolute Gasteiger partial charge is 0.326 e. The normalized spacial score (nSPS) is 18.9. The van der Waals surface area contributed by atoms with Gasteiger partial charge in [-0.25, -0.2) is 5.43 Å². The second kappa shape index (κ2) is 7.41. The first-order valence-electron chi connectivity index (χ1n) is 6.31. The van der Waals surface area contributed by atoms with Crippen molar-refractivity contribution in [3.05, 3.63) is 28.7 Å². The molecule has 1 aliphatic rings. The lowest BCUT2D eigenvalue weighted by Crippen LogP contribution is -2.28. The number of carbonyl (C=O) groups is 3. The van der Waals surface area contributed by atoms with Crippen LogP contribution in [0.15, 0.2) is 33.8 Å². The molecule has 1 saturated heterocycles. The first kappa shape index (κ1) is 16.5. The number of halogens is 1. The number of benzene rings is 1. The molecule has 9 heteroatoms. The molecule has 0 aromatic heterocycles. The van der Waals surface area contributed by atoms with Gasteiger partial charge >= 0.3 is 0 Å². The monoisotopic (exact) mass is 384 g/mol. The van der Waals surface area contributed by atoms with E-state index < -0.39 is 5.25 Å². The third-order valence-corrected chi connectivity index (χ3v) is 4.20. The van der Waals surface area contributed by atoms with Crippen LogP contribution in [0.5, 0.6) is 0 Å². The van der Waals surface area contributed by atoms with Gasteiger partial charge in [-0.1, -0.05) is 27.7 Å². The molecule has 1 atom stereocenters. The van der Waals surface area contributed by atoms with Crippen molar-refractivity contribution in [2.75, 3.05) is 5.32 Å². The maximum absolute atomic E-state index is 11.9. The number of nitrogens with zero attached hydrogens (tertiary/aromatic N) is 1. The molecule has 1 aromatic rings. The van der Waals surface area contributed by atoms with Gasteiger partial charge in [0.15, 0.2) is 5.17 Å². The highest BCUT2D eigenvalue weighted by Crippen LogP contribution is 2.23. The molecule has 22 heavy (non-hydrogen) atoms. The Morgan fingerprint density at radius 3 is 2.68 bits per heavy atom. The number of amidine groups is 1. The highest BCUT2D eigenvalue weighted by molar-refractivity contribution is 9.10. The Labute approximate surface area is 139 Å². The highest BCUT2D eigenvalue weighted by atomic mass is 79.9. The lowest BCUT2D eigenvalue weighted by molar-refractivity contribution is -0.122. The number of nitrogens with one attached hydrogen (secondary N) is 3. The molecule has 0 bridgehead atoms. The highest BCUT2D eigenvalue weighted by Gasteiger charge is 2.32. The SMILES string of the molecule is CC(=O)N/N=C1\NC(=O)[C@@H](CC(=O)Nc2ccc(Br)cc2)S1. The summed E-state index contributed by atoms with van der Waals surface area (Å²) in [6.07, 6.45) is 0.0195. The van der Waals surface area contributed by atoms with Gasteiger partial charge in [-0.2, -0.15) is 0 Å². The molecule has 0 radical (unpaired) electrons. The standard InChI is InChI=1S/C13H13BrN4O3S/c1-7(19)17-18-13-16-12(21)10(22-13)6-11(20)15-9-4-2-8(14)3-5-9/h2-5,10H,6H2,1H3,(H,15,20)(H,17,19)(H,16,18,21)/t10-/m1/s1. The second-order valence-electron chi connectivity index (χ2n) is 4.44. The number of hydrogen-bond donors (Lipinski definition) is 3. The van der Waals surface area contributed by atoms with E-state index in [4.69, 9.17) is 0 Å². The molecule has 2 rings (SSSR count). The van der Waals surface area contributed by atoms with Crippen LogP contribution in [-0.2, 0) is 14.4 Å². The predicted molar refractivity (Wildman–Crippen MR) is 88.2 cm³/mol. The minimum absolute atomic E-state index is 0.0195. The number of carbonyl (C=O) groups excluding carboxylic acids is 3. The average molecular weight is 385 g/mol. The van der Waals surface area contributed by atoms with Crippen molar-refractivity contribution in [1.29, 1.82) is 0 Å². The van der Waals surface area contributed by atoms with E-state index in [2.05, 4.69) is 37.1 Å². The van der Waals surface area contributed by atoms with Crippen LogP contribution < -0.4 is 16.1 Å². The van der Waals surface area contributed by atoms with E-state index in [0.717, 1.165) is 16.2 Å². The van der Waals surface area contributed by atoms with Gasteiger partial charge in [0.05, 0.1) is 0 Å². The van der Waals surface area contributed by atoms with Crippen molar-refractivity contribution in [3.8, 4) is 0 Å². The fourth-order valence-electron chi connectivity index (χ4n) is 1.64. The van der Waals surface area contributed by atoms with E-state index in [1.165, 1.54) is 6.92 Å². The fraction of sp³-hybridized carbons (Fsp3) is 0.231. The smallest absolute Gasteiger partial charge is 0.240 e. The van der Waals surface area contributed by atoms with Crippen molar-refractivity contribution in [1.82, 2.24) is 10.7 Å². The fourth-order valence-corrected chi connectivity index (χ4v) is 2.83. The Morgan fingerprint density at radius 1 is 1.36 bits per heavy atom. The van der Waals surface area contributed by atoms with Crippen molar-refractivity contribution in [2.24, 2.45) is 5.10 Å². The maximum Gasteiger partial charge on any atom is 0.240 e. The Kier molecular flexibility index (Phi) is 5.56. The summed E-state index contributed by atoms with van der Waals surface area (Å²) in [7, 11) is 0. The summed E-state index contributed by atoms with van der Waals surface area (Å²) in [6.45, 7) is 1.31. The zero-order chi connectivity index (χ0) is 16.1. The number of hydrazone groups is 1. The molecule has 0 saturated carbocycles. The molecular formula is C13H13BrN4O3S. The summed E-state index contributed by atoms with van der Waals surface area (Å²) < 4.78 is 0.912. The summed E-state index contributed by atoms with van der Waals surface area (Å²) in [4.78, 5) is 34.5. The van der Waals surface area contributed by atoms with Crippen molar-refractivity contribution < 1.29 is 14.4 Å². The predicted octanol–water partition coefficient (Wildman–Crippen LogP) is 1.42. The first-order valence-corrected chi connectivity index (χ1v) is 7.98. The summed E-state index contributed by atoms with van der Waals surface area (Å²) >= 11 is 4.42. The van der Waals surface area contributed by atoms with E-state index in [-0.39, 0.29) is 29.3 Å². The summed E-state index contributed by atoms with van der Waals surface area (Å²) in [5, 5.41) is 8.68. The number of thioether (sulfide) groups is 1. The number of amides is 3. The third kappa shape index (κ3) is 4.85. The van der Waals surface area contributed by atoms with E-state index in [0.29, 0.717) is 5.69 Å². The van der Waals surface area contributed by atoms with E-state index in [9.17, 15) is 14.4 Å². The van der Waals surface area contributed by atoms with Gasteiger partial charge in [-0.15, -0.1) is 5.10 Å². The van der Waals surface area contributed by atoms with E-state index in [1.54, 1.807) is 12.1 Å². The van der Waals surface area contributed by atoms with Gasteiger partial charge in [0, 0.05) is 23.5 Å². The van der Waals surface area contributed by atoms with Crippen LogP contribution in [0, 0.1) is 0 Å². The van der Waals surface area contributed by atoms with Crippen molar-refractivity contribution in [2.45, 2.75) is 18.6 Å². The van der Waals surface area contributed by atoms with E-state index in [1.807, 2.05) is 12.1 Å². The van der Waals surface area contributed by atoms with Crippen LogP contribution in [0.3, 0.4) is 0 Å². The van der Waals surface area contributed by atoms with Gasteiger partial charge < -0.3 is 10.6 Å². The first-order chi connectivity index (χ1) is 10.4.